The summed E-state index contributed by atoms with van der Waals surface area (Å²) in [5.41, 5.74) is 4.08. The van der Waals surface area contributed by atoms with Gasteiger partial charge in [-0.3, -0.25) is 9.69 Å². The van der Waals surface area contributed by atoms with Gasteiger partial charge in [0.2, 0.25) is 0 Å². The lowest BCUT2D eigenvalue weighted by Crippen LogP contribution is -2.43. The Balaban J connectivity index is 1.40. The maximum atomic E-state index is 13.9. The van der Waals surface area contributed by atoms with E-state index in [-0.39, 0.29) is 11.5 Å². The van der Waals surface area contributed by atoms with Crippen molar-refractivity contribution in [3.05, 3.63) is 77.2 Å². The molecule has 0 spiro atoms. The average Bonchev–Trinajstić information content (AvgIpc) is 3.25. The molecule has 0 bridgehead atoms. The van der Waals surface area contributed by atoms with Crippen molar-refractivity contribution in [1.29, 1.82) is 0 Å². The SMILES string of the molecule is Cc1ccc(C(=O)Nc2ccccc2-c2nc3ccc(CN4CCNCC4)nc3s2)cc1F. The number of amides is 1. The number of anilines is 1. The van der Waals surface area contributed by atoms with Gasteiger partial charge in [0.15, 0.2) is 0 Å². The van der Waals surface area contributed by atoms with Crippen LogP contribution in [0.4, 0.5) is 10.1 Å². The predicted octanol–water partition coefficient (Wildman–Crippen LogP) is 4.46. The third-order valence-electron chi connectivity index (χ3n) is 5.75. The molecule has 1 saturated heterocycles. The Kier molecular flexibility index (Phi) is 6.13. The highest BCUT2D eigenvalue weighted by atomic mass is 32.1. The van der Waals surface area contributed by atoms with Gasteiger partial charge in [0.05, 0.1) is 11.4 Å². The molecule has 2 N–H and O–H groups in total. The van der Waals surface area contributed by atoms with Crippen molar-refractivity contribution in [3.8, 4) is 10.6 Å². The third kappa shape index (κ3) is 4.78. The zero-order valence-electron chi connectivity index (χ0n) is 18.3. The lowest BCUT2D eigenvalue weighted by atomic mass is 10.1. The van der Waals surface area contributed by atoms with Crippen LogP contribution in [0.1, 0.15) is 21.6 Å². The number of aryl methyl sites for hydroxylation is 1. The molecule has 6 nitrogen and oxygen atoms in total. The van der Waals surface area contributed by atoms with Crippen LogP contribution in [0.5, 0.6) is 0 Å². The highest BCUT2D eigenvalue weighted by molar-refractivity contribution is 7.21. The number of hydrogen-bond donors (Lipinski definition) is 2. The quantitative estimate of drug-likeness (QED) is 0.459. The van der Waals surface area contributed by atoms with Crippen LogP contribution in [-0.2, 0) is 6.54 Å². The second kappa shape index (κ2) is 9.35. The van der Waals surface area contributed by atoms with Gasteiger partial charge in [0, 0.05) is 43.9 Å². The highest BCUT2D eigenvalue weighted by Gasteiger charge is 2.16. The first kappa shape index (κ1) is 21.6. The standard InChI is InChI=1S/C25H24FN5OS/c1-16-6-7-17(14-20(16)26)23(32)29-21-5-3-2-4-19(21)24-30-22-9-8-18(28-25(22)33-24)15-31-12-10-27-11-13-31/h2-9,14,27H,10-13,15H2,1H3,(H,29,32). The molecule has 8 heteroatoms. The van der Waals surface area contributed by atoms with Crippen LogP contribution < -0.4 is 10.6 Å². The summed E-state index contributed by atoms with van der Waals surface area (Å²) in [6.07, 6.45) is 0. The highest BCUT2D eigenvalue weighted by Crippen LogP contribution is 2.34. The fourth-order valence-electron chi connectivity index (χ4n) is 3.86. The lowest BCUT2D eigenvalue weighted by molar-refractivity contribution is 0.102. The number of hydrogen-bond acceptors (Lipinski definition) is 6. The lowest BCUT2D eigenvalue weighted by Gasteiger charge is -2.26. The number of halogens is 1. The molecule has 168 valence electrons. The molecular weight excluding hydrogens is 437 g/mol. The topological polar surface area (TPSA) is 70.2 Å². The van der Waals surface area contributed by atoms with E-state index in [1.54, 1.807) is 19.1 Å². The Labute approximate surface area is 195 Å². The molecule has 1 amide bonds. The van der Waals surface area contributed by atoms with Crippen LogP contribution in [0.15, 0.2) is 54.6 Å². The number of benzene rings is 2. The van der Waals surface area contributed by atoms with E-state index in [4.69, 9.17) is 9.97 Å². The number of carbonyl (C=O) groups is 1. The summed E-state index contributed by atoms with van der Waals surface area (Å²) in [4.78, 5) is 25.6. The van der Waals surface area contributed by atoms with Crippen LogP contribution in [-0.4, -0.2) is 47.0 Å². The van der Waals surface area contributed by atoms with Crippen LogP contribution in [0, 0.1) is 12.7 Å². The maximum absolute atomic E-state index is 13.9. The number of nitrogens with one attached hydrogen (secondary N) is 2. The van der Waals surface area contributed by atoms with Crippen molar-refractivity contribution in [1.82, 2.24) is 20.2 Å². The summed E-state index contributed by atoms with van der Waals surface area (Å²) in [5, 5.41) is 7.06. The van der Waals surface area contributed by atoms with Crippen LogP contribution >= 0.6 is 11.3 Å². The van der Waals surface area contributed by atoms with Gasteiger partial charge in [-0.15, -0.1) is 0 Å². The number of thiazole rings is 1. The maximum Gasteiger partial charge on any atom is 0.255 e. The second-order valence-corrected chi connectivity index (χ2v) is 9.11. The number of rotatable bonds is 5. The molecule has 3 heterocycles. The number of fused-ring (bicyclic) bond motifs is 1. The minimum Gasteiger partial charge on any atom is -0.321 e. The molecule has 2 aromatic carbocycles. The molecule has 0 atom stereocenters. The van der Waals surface area contributed by atoms with Gasteiger partial charge in [-0.25, -0.2) is 14.4 Å². The molecule has 2 aromatic heterocycles. The number of para-hydroxylation sites is 1. The second-order valence-electron chi connectivity index (χ2n) is 8.14. The summed E-state index contributed by atoms with van der Waals surface area (Å²) < 4.78 is 13.9. The minimum atomic E-state index is -0.398. The smallest absolute Gasteiger partial charge is 0.255 e. The Hall–Kier alpha value is -3.20. The van der Waals surface area contributed by atoms with Crippen molar-refractivity contribution in [2.75, 3.05) is 31.5 Å². The molecule has 0 unspecified atom stereocenters. The van der Waals surface area contributed by atoms with E-state index in [9.17, 15) is 9.18 Å². The van der Waals surface area contributed by atoms with Gasteiger partial charge < -0.3 is 10.6 Å². The Morgan fingerprint density at radius 3 is 2.76 bits per heavy atom. The van der Waals surface area contributed by atoms with Crippen molar-refractivity contribution < 1.29 is 9.18 Å². The van der Waals surface area contributed by atoms with Gasteiger partial charge in [-0.1, -0.05) is 29.5 Å². The Morgan fingerprint density at radius 2 is 1.94 bits per heavy atom. The molecule has 33 heavy (non-hydrogen) atoms. The average molecular weight is 462 g/mol. The Bertz CT molecular complexity index is 1320. The van der Waals surface area contributed by atoms with E-state index in [0.29, 0.717) is 11.3 Å². The molecule has 0 aliphatic carbocycles. The van der Waals surface area contributed by atoms with Gasteiger partial charge in [-0.2, -0.15) is 0 Å². The number of carbonyl (C=O) groups excluding carboxylic acids is 1. The van der Waals surface area contributed by atoms with Crippen LogP contribution in [0.3, 0.4) is 0 Å². The zero-order valence-corrected chi connectivity index (χ0v) is 19.1. The number of nitrogens with zero attached hydrogens (tertiary/aromatic N) is 3. The summed E-state index contributed by atoms with van der Waals surface area (Å²) >= 11 is 1.50. The molecule has 4 aromatic rings. The van der Waals surface area contributed by atoms with Gasteiger partial charge in [0.1, 0.15) is 21.2 Å². The molecule has 1 fully saturated rings. The molecular formula is C25H24FN5OS. The van der Waals surface area contributed by atoms with E-state index in [2.05, 4.69) is 15.5 Å². The molecule has 0 saturated carbocycles. The van der Waals surface area contributed by atoms with Crippen molar-refractivity contribution in [2.45, 2.75) is 13.5 Å². The number of pyridine rings is 1. The summed E-state index contributed by atoms with van der Waals surface area (Å²) in [6.45, 7) is 6.54. The summed E-state index contributed by atoms with van der Waals surface area (Å²) in [7, 11) is 0. The first-order chi connectivity index (χ1) is 16.1. The fourth-order valence-corrected chi connectivity index (χ4v) is 4.86. The molecule has 1 aliphatic rings. The largest absolute Gasteiger partial charge is 0.321 e. The van der Waals surface area contributed by atoms with E-state index in [1.165, 1.54) is 17.4 Å². The molecule has 5 rings (SSSR count). The van der Waals surface area contributed by atoms with Crippen molar-refractivity contribution >= 4 is 33.3 Å². The first-order valence-electron chi connectivity index (χ1n) is 10.9. The number of piperazine rings is 1. The van der Waals surface area contributed by atoms with E-state index < -0.39 is 5.82 Å². The van der Waals surface area contributed by atoms with Crippen LogP contribution in [0.2, 0.25) is 0 Å². The third-order valence-corrected chi connectivity index (χ3v) is 6.75. The van der Waals surface area contributed by atoms with E-state index >= 15 is 0 Å². The molecule has 1 aliphatic heterocycles. The number of aromatic nitrogens is 2. The Morgan fingerprint density at radius 1 is 1.12 bits per heavy atom. The summed E-state index contributed by atoms with van der Waals surface area (Å²) in [6, 6.07) is 16.0. The minimum absolute atomic E-state index is 0.274. The normalized spacial score (nSPS) is 14.5. The van der Waals surface area contributed by atoms with Gasteiger partial charge >= 0.3 is 0 Å². The van der Waals surface area contributed by atoms with Crippen molar-refractivity contribution in [2.24, 2.45) is 0 Å². The molecule has 0 radical (unpaired) electrons. The van der Waals surface area contributed by atoms with Gasteiger partial charge in [0.25, 0.3) is 5.91 Å². The fraction of sp³-hybridized carbons (Fsp3) is 0.240. The van der Waals surface area contributed by atoms with Crippen LogP contribution in [0.25, 0.3) is 20.9 Å². The zero-order chi connectivity index (χ0) is 22.8. The van der Waals surface area contributed by atoms with Gasteiger partial charge in [-0.05, 0) is 48.9 Å². The summed E-state index contributed by atoms with van der Waals surface area (Å²) in [5.74, 6) is -0.760. The van der Waals surface area contributed by atoms with Crippen molar-refractivity contribution in [3.63, 3.8) is 0 Å². The first-order valence-corrected chi connectivity index (χ1v) is 11.7. The van der Waals surface area contributed by atoms with E-state index in [1.807, 2.05) is 36.4 Å². The predicted molar refractivity (Wildman–Crippen MR) is 130 cm³/mol. The van der Waals surface area contributed by atoms with E-state index in [0.717, 1.165) is 59.3 Å². The monoisotopic (exact) mass is 461 g/mol.